The summed E-state index contributed by atoms with van der Waals surface area (Å²) < 4.78 is 16.0. The summed E-state index contributed by atoms with van der Waals surface area (Å²) in [6.45, 7) is 1.05. The van der Waals surface area contributed by atoms with Crippen molar-refractivity contribution in [1.82, 2.24) is 4.90 Å². The molecule has 158 valence electrons. The number of ether oxygens (including phenoxy) is 2. The predicted octanol–water partition coefficient (Wildman–Crippen LogP) is 4.25. The highest BCUT2D eigenvalue weighted by Crippen LogP contribution is 2.28. The zero-order valence-electron chi connectivity index (χ0n) is 17.9. The van der Waals surface area contributed by atoms with Gasteiger partial charge in [0, 0.05) is 32.9 Å². The van der Waals surface area contributed by atoms with Crippen LogP contribution in [-0.4, -0.2) is 45.7 Å². The molecule has 0 N–H and O–H groups in total. The van der Waals surface area contributed by atoms with Crippen molar-refractivity contribution in [3.63, 3.8) is 0 Å². The second-order valence-electron chi connectivity index (χ2n) is 7.20. The molecular formula is C24H28N2O4. The van der Waals surface area contributed by atoms with Gasteiger partial charge in [-0.3, -0.25) is 4.79 Å². The van der Waals surface area contributed by atoms with Crippen LogP contribution in [0.15, 0.2) is 65.3 Å². The maximum atomic E-state index is 13.0. The molecule has 0 aliphatic rings. The first-order valence-electron chi connectivity index (χ1n) is 9.81. The van der Waals surface area contributed by atoms with Gasteiger partial charge in [-0.05, 0) is 53.9 Å². The van der Waals surface area contributed by atoms with Gasteiger partial charge in [-0.1, -0.05) is 18.2 Å². The first kappa shape index (κ1) is 21.3. The van der Waals surface area contributed by atoms with E-state index in [1.54, 1.807) is 31.3 Å². The highest BCUT2D eigenvalue weighted by molar-refractivity contribution is 5.91. The number of anilines is 1. The molecule has 30 heavy (non-hydrogen) atoms. The summed E-state index contributed by atoms with van der Waals surface area (Å²) in [5, 5.41) is 0. The van der Waals surface area contributed by atoms with E-state index < -0.39 is 0 Å². The Kier molecular flexibility index (Phi) is 7.01. The molecule has 1 aromatic heterocycles. The van der Waals surface area contributed by atoms with Crippen molar-refractivity contribution in [2.24, 2.45) is 0 Å². The van der Waals surface area contributed by atoms with E-state index >= 15 is 0 Å². The van der Waals surface area contributed by atoms with E-state index in [1.807, 2.05) is 49.3 Å². The van der Waals surface area contributed by atoms with Crippen LogP contribution in [0, 0.1) is 0 Å². The van der Waals surface area contributed by atoms with Gasteiger partial charge in [0.05, 0.1) is 20.5 Å². The zero-order chi connectivity index (χ0) is 21.5. The number of amides is 1. The smallest absolute Gasteiger partial charge is 0.289 e. The van der Waals surface area contributed by atoms with Crippen molar-refractivity contribution in [1.29, 1.82) is 0 Å². The highest BCUT2D eigenvalue weighted by Gasteiger charge is 2.19. The number of rotatable bonds is 9. The van der Waals surface area contributed by atoms with E-state index in [4.69, 9.17) is 13.9 Å². The molecule has 0 aliphatic heterocycles. The van der Waals surface area contributed by atoms with Gasteiger partial charge in [-0.2, -0.15) is 0 Å². The van der Waals surface area contributed by atoms with Crippen LogP contribution in [0.3, 0.4) is 0 Å². The lowest BCUT2D eigenvalue weighted by Gasteiger charge is -2.23. The summed E-state index contributed by atoms with van der Waals surface area (Å²) in [5.74, 6) is 1.58. The third kappa shape index (κ3) is 5.14. The van der Waals surface area contributed by atoms with Crippen molar-refractivity contribution in [2.75, 3.05) is 39.8 Å². The standard InChI is InChI=1S/C24H28N2O4/c1-25(2)20-10-7-19(8-11-20)17-26(24(27)22-6-5-15-30-22)14-13-18-9-12-21(28-3)23(16-18)29-4/h5-12,15-16H,13-14,17H2,1-4H3. The number of nitrogens with zero attached hydrogens (tertiary/aromatic N) is 2. The lowest BCUT2D eigenvalue weighted by atomic mass is 10.1. The highest BCUT2D eigenvalue weighted by atomic mass is 16.5. The summed E-state index contributed by atoms with van der Waals surface area (Å²) >= 11 is 0. The predicted molar refractivity (Wildman–Crippen MR) is 117 cm³/mol. The molecule has 6 heteroatoms. The second kappa shape index (κ2) is 9.87. The van der Waals surface area contributed by atoms with E-state index in [-0.39, 0.29) is 5.91 Å². The van der Waals surface area contributed by atoms with Crippen LogP contribution in [0.4, 0.5) is 5.69 Å². The first-order chi connectivity index (χ1) is 14.5. The largest absolute Gasteiger partial charge is 0.493 e. The number of hydrogen-bond donors (Lipinski definition) is 0. The van der Waals surface area contributed by atoms with Crippen molar-refractivity contribution in [3.05, 3.63) is 77.7 Å². The van der Waals surface area contributed by atoms with Gasteiger partial charge in [0.15, 0.2) is 17.3 Å². The second-order valence-corrected chi connectivity index (χ2v) is 7.20. The minimum Gasteiger partial charge on any atom is -0.493 e. The molecule has 0 saturated carbocycles. The molecule has 0 radical (unpaired) electrons. The van der Waals surface area contributed by atoms with Crippen LogP contribution in [0.5, 0.6) is 11.5 Å². The molecule has 0 aliphatic carbocycles. The third-order valence-electron chi connectivity index (χ3n) is 4.96. The van der Waals surface area contributed by atoms with Gasteiger partial charge in [-0.25, -0.2) is 0 Å². The molecule has 0 bridgehead atoms. The molecule has 2 aromatic carbocycles. The van der Waals surface area contributed by atoms with E-state index in [0.29, 0.717) is 36.8 Å². The summed E-state index contributed by atoms with van der Waals surface area (Å²) in [4.78, 5) is 16.9. The van der Waals surface area contributed by atoms with Gasteiger partial charge in [0.1, 0.15) is 0 Å². The van der Waals surface area contributed by atoms with Crippen LogP contribution in [0.25, 0.3) is 0 Å². The van der Waals surface area contributed by atoms with Gasteiger partial charge < -0.3 is 23.7 Å². The number of furan rings is 1. The summed E-state index contributed by atoms with van der Waals surface area (Å²) in [6, 6.07) is 17.4. The zero-order valence-corrected chi connectivity index (χ0v) is 17.9. The molecule has 0 unspecified atom stereocenters. The maximum absolute atomic E-state index is 13.0. The fourth-order valence-electron chi connectivity index (χ4n) is 3.23. The molecule has 6 nitrogen and oxygen atoms in total. The Labute approximate surface area is 177 Å². The van der Waals surface area contributed by atoms with Crippen LogP contribution in [0.2, 0.25) is 0 Å². The Morgan fingerprint density at radius 2 is 1.63 bits per heavy atom. The van der Waals surface area contributed by atoms with Crippen LogP contribution < -0.4 is 14.4 Å². The van der Waals surface area contributed by atoms with E-state index in [9.17, 15) is 4.79 Å². The maximum Gasteiger partial charge on any atom is 0.289 e. The van der Waals surface area contributed by atoms with Crippen molar-refractivity contribution in [2.45, 2.75) is 13.0 Å². The molecule has 3 rings (SSSR count). The van der Waals surface area contributed by atoms with Gasteiger partial charge in [-0.15, -0.1) is 0 Å². The Morgan fingerprint density at radius 1 is 0.933 bits per heavy atom. The topological polar surface area (TPSA) is 55.2 Å². The number of carbonyl (C=O) groups is 1. The molecule has 0 fully saturated rings. The molecule has 0 spiro atoms. The first-order valence-corrected chi connectivity index (χ1v) is 9.81. The Morgan fingerprint density at radius 3 is 2.23 bits per heavy atom. The average molecular weight is 408 g/mol. The van der Waals surface area contributed by atoms with Crippen molar-refractivity contribution < 1.29 is 18.7 Å². The number of benzene rings is 2. The molecule has 0 atom stereocenters. The molecule has 3 aromatic rings. The van der Waals surface area contributed by atoms with E-state index in [1.165, 1.54) is 6.26 Å². The number of methoxy groups -OCH3 is 2. The molecule has 1 heterocycles. The normalized spacial score (nSPS) is 10.5. The van der Waals surface area contributed by atoms with Crippen molar-refractivity contribution >= 4 is 11.6 Å². The Balaban J connectivity index is 1.77. The summed E-state index contributed by atoms with van der Waals surface area (Å²) in [6.07, 6.45) is 2.20. The van der Waals surface area contributed by atoms with Gasteiger partial charge in [0.25, 0.3) is 5.91 Å². The number of carbonyl (C=O) groups excluding carboxylic acids is 1. The fourth-order valence-corrected chi connectivity index (χ4v) is 3.23. The van der Waals surface area contributed by atoms with E-state index in [2.05, 4.69) is 12.1 Å². The van der Waals surface area contributed by atoms with Crippen LogP contribution in [-0.2, 0) is 13.0 Å². The average Bonchev–Trinajstić information content (AvgIpc) is 3.31. The minimum atomic E-state index is -0.128. The summed E-state index contributed by atoms with van der Waals surface area (Å²) in [7, 11) is 7.24. The summed E-state index contributed by atoms with van der Waals surface area (Å²) in [5.41, 5.74) is 3.24. The monoisotopic (exact) mass is 408 g/mol. The lowest BCUT2D eigenvalue weighted by Crippen LogP contribution is -2.32. The SMILES string of the molecule is COc1ccc(CCN(Cc2ccc(N(C)C)cc2)C(=O)c2ccco2)cc1OC. The van der Waals surface area contributed by atoms with Crippen LogP contribution >= 0.6 is 0 Å². The lowest BCUT2D eigenvalue weighted by molar-refractivity contribution is 0.0713. The van der Waals surface area contributed by atoms with Crippen LogP contribution in [0.1, 0.15) is 21.7 Å². The van der Waals surface area contributed by atoms with Gasteiger partial charge >= 0.3 is 0 Å². The third-order valence-corrected chi connectivity index (χ3v) is 4.96. The molecular weight excluding hydrogens is 380 g/mol. The Hall–Kier alpha value is -3.41. The van der Waals surface area contributed by atoms with Crippen molar-refractivity contribution in [3.8, 4) is 11.5 Å². The quantitative estimate of drug-likeness (QED) is 0.530. The van der Waals surface area contributed by atoms with E-state index in [0.717, 1.165) is 16.8 Å². The Bertz CT molecular complexity index is 950. The minimum absolute atomic E-state index is 0.128. The van der Waals surface area contributed by atoms with Gasteiger partial charge in [0.2, 0.25) is 0 Å². The number of hydrogen-bond acceptors (Lipinski definition) is 5. The molecule has 1 amide bonds. The fraction of sp³-hybridized carbons (Fsp3) is 0.292. The molecule has 0 saturated heterocycles.